The molecule has 0 heterocycles. The molecule has 2 rings (SSSR count). The largest absolute Gasteiger partial charge is 0.497 e. The van der Waals surface area contributed by atoms with Crippen LogP contribution in [0.2, 0.25) is 0 Å². The first-order chi connectivity index (χ1) is 10.8. The summed E-state index contributed by atoms with van der Waals surface area (Å²) in [6.45, 7) is 0. The Morgan fingerprint density at radius 1 is 1.04 bits per heavy atom. The third-order valence-corrected chi connectivity index (χ3v) is 3.33. The zero-order valence-electron chi connectivity index (χ0n) is 12.1. The lowest BCUT2D eigenvalue weighted by atomic mass is 9.91. The van der Waals surface area contributed by atoms with Gasteiger partial charge in [-0.2, -0.15) is 13.2 Å². The molecule has 6 heteroatoms. The number of halogens is 4. The van der Waals surface area contributed by atoms with Crippen LogP contribution in [-0.4, -0.2) is 18.4 Å². The molecule has 0 aliphatic rings. The SMILES string of the molecule is COc1cccc(C(O)(C=Cc2ccc(F)cc2)C(F)(F)F)c1. The Balaban J connectivity index is 2.45. The Bertz CT molecular complexity index is 692. The highest BCUT2D eigenvalue weighted by Gasteiger charge is 2.53. The second-order valence-corrected chi connectivity index (χ2v) is 4.88. The highest BCUT2D eigenvalue weighted by Crippen LogP contribution is 2.41. The zero-order valence-corrected chi connectivity index (χ0v) is 12.1. The van der Waals surface area contributed by atoms with Gasteiger partial charge in [0.2, 0.25) is 5.60 Å². The van der Waals surface area contributed by atoms with Crippen molar-refractivity contribution in [3.63, 3.8) is 0 Å². The van der Waals surface area contributed by atoms with Gasteiger partial charge in [-0.15, -0.1) is 0 Å². The second kappa shape index (κ2) is 6.42. The van der Waals surface area contributed by atoms with E-state index in [1.165, 1.54) is 31.4 Å². The highest BCUT2D eigenvalue weighted by atomic mass is 19.4. The van der Waals surface area contributed by atoms with E-state index < -0.39 is 17.6 Å². The van der Waals surface area contributed by atoms with Gasteiger partial charge in [-0.25, -0.2) is 4.39 Å². The van der Waals surface area contributed by atoms with Crippen molar-refractivity contribution in [1.82, 2.24) is 0 Å². The van der Waals surface area contributed by atoms with E-state index in [9.17, 15) is 22.7 Å². The number of benzene rings is 2. The van der Waals surface area contributed by atoms with Crippen LogP contribution in [0.25, 0.3) is 6.08 Å². The fourth-order valence-corrected chi connectivity index (χ4v) is 2.01. The van der Waals surface area contributed by atoms with Gasteiger partial charge in [-0.1, -0.05) is 30.3 Å². The summed E-state index contributed by atoms with van der Waals surface area (Å²) in [6.07, 6.45) is -3.21. The summed E-state index contributed by atoms with van der Waals surface area (Å²) >= 11 is 0. The van der Waals surface area contributed by atoms with Crippen LogP contribution in [0.5, 0.6) is 5.75 Å². The quantitative estimate of drug-likeness (QED) is 0.849. The molecule has 0 radical (unpaired) electrons. The van der Waals surface area contributed by atoms with Crippen LogP contribution >= 0.6 is 0 Å². The molecule has 2 nitrogen and oxygen atoms in total. The van der Waals surface area contributed by atoms with Crippen molar-refractivity contribution in [3.8, 4) is 5.75 Å². The Morgan fingerprint density at radius 3 is 2.26 bits per heavy atom. The van der Waals surface area contributed by atoms with E-state index in [0.717, 1.165) is 30.3 Å². The normalized spacial score (nSPS) is 14.7. The van der Waals surface area contributed by atoms with Gasteiger partial charge in [0.25, 0.3) is 0 Å². The number of ether oxygens (including phenoxy) is 1. The Morgan fingerprint density at radius 2 is 1.70 bits per heavy atom. The lowest BCUT2D eigenvalue weighted by molar-refractivity contribution is -0.245. The van der Waals surface area contributed by atoms with Gasteiger partial charge in [-0.05, 0) is 35.9 Å². The van der Waals surface area contributed by atoms with Crippen molar-refractivity contribution in [3.05, 3.63) is 71.6 Å². The van der Waals surface area contributed by atoms with Crippen molar-refractivity contribution in [2.75, 3.05) is 7.11 Å². The average molecular weight is 326 g/mol. The molecular weight excluding hydrogens is 312 g/mol. The number of methoxy groups -OCH3 is 1. The van der Waals surface area contributed by atoms with Gasteiger partial charge in [0, 0.05) is 5.56 Å². The zero-order chi connectivity index (χ0) is 17.1. The third-order valence-electron chi connectivity index (χ3n) is 3.33. The number of alkyl halides is 3. The predicted octanol–water partition coefficient (Wildman–Crippen LogP) is 4.30. The maximum atomic E-state index is 13.4. The molecule has 23 heavy (non-hydrogen) atoms. The molecule has 0 aromatic heterocycles. The summed E-state index contributed by atoms with van der Waals surface area (Å²) in [5.74, 6) is -0.304. The molecule has 122 valence electrons. The Hall–Kier alpha value is -2.34. The van der Waals surface area contributed by atoms with Crippen LogP contribution in [-0.2, 0) is 5.60 Å². The van der Waals surface area contributed by atoms with E-state index in [4.69, 9.17) is 4.74 Å². The Kier molecular flexibility index (Phi) is 4.75. The van der Waals surface area contributed by atoms with Crippen LogP contribution in [0.1, 0.15) is 11.1 Å². The van der Waals surface area contributed by atoms with Crippen molar-refractivity contribution in [1.29, 1.82) is 0 Å². The molecule has 0 bridgehead atoms. The van der Waals surface area contributed by atoms with Crippen LogP contribution in [0, 0.1) is 5.82 Å². The number of aliphatic hydroxyl groups is 1. The van der Waals surface area contributed by atoms with Crippen molar-refractivity contribution in [2.45, 2.75) is 11.8 Å². The number of hydrogen-bond acceptors (Lipinski definition) is 2. The number of rotatable bonds is 4. The summed E-state index contributed by atoms with van der Waals surface area (Å²) in [7, 11) is 1.32. The van der Waals surface area contributed by atoms with Gasteiger partial charge in [0.15, 0.2) is 0 Å². The first-order valence-electron chi connectivity index (χ1n) is 6.65. The monoisotopic (exact) mass is 326 g/mol. The van der Waals surface area contributed by atoms with E-state index in [1.54, 1.807) is 0 Å². The van der Waals surface area contributed by atoms with Gasteiger partial charge in [-0.3, -0.25) is 0 Å². The third kappa shape index (κ3) is 3.71. The van der Waals surface area contributed by atoms with Crippen LogP contribution in [0.3, 0.4) is 0 Å². The van der Waals surface area contributed by atoms with Crippen LogP contribution < -0.4 is 4.74 Å². The molecule has 0 spiro atoms. The minimum Gasteiger partial charge on any atom is -0.497 e. The minimum absolute atomic E-state index is 0.195. The van der Waals surface area contributed by atoms with Crippen molar-refractivity contribution < 1.29 is 27.4 Å². The molecule has 0 saturated carbocycles. The lowest BCUT2D eigenvalue weighted by Gasteiger charge is -2.28. The smallest absolute Gasteiger partial charge is 0.425 e. The molecule has 0 fully saturated rings. The number of hydrogen-bond donors (Lipinski definition) is 1. The van der Waals surface area contributed by atoms with E-state index in [0.29, 0.717) is 11.6 Å². The molecule has 0 amide bonds. The molecular formula is C17H14F4O2. The molecule has 1 atom stereocenters. The summed E-state index contributed by atoms with van der Waals surface area (Å²) in [6, 6.07) is 9.98. The van der Waals surface area contributed by atoms with Gasteiger partial charge < -0.3 is 9.84 Å². The van der Waals surface area contributed by atoms with E-state index in [-0.39, 0.29) is 11.3 Å². The topological polar surface area (TPSA) is 29.5 Å². The maximum absolute atomic E-state index is 13.4. The highest BCUT2D eigenvalue weighted by molar-refractivity contribution is 5.52. The summed E-state index contributed by atoms with van der Waals surface area (Å²) in [4.78, 5) is 0. The fraction of sp³-hybridized carbons (Fsp3) is 0.176. The summed E-state index contributed by atoms with van der Waals surface area (Å²) in [5.41, 5.74) is -3.23. The maximum Gasteiger partial charge on any atom is 0.425 e. The first-order valence-corrected chi connectivity index (χ1v) is 6.65. The van der Waals surface area contributed by atoms with E-state index in [2.05, 4.69) is 0 Å². The molecule has 1 N–H and O–H groups in total. The summed E-state index contributed by atoms with van der Waals surface area (Å²) in [5, 5.41) is 10.2. The van der Waals surface area contributed by atoms with E-state index in [1.807, 2.05) is 0 Å². The van der Waals surface area contributed by atoms with Crippen LogP contribution in [0.15, 0.2) is 54.6 Å². The molecule has 2 aromatic carbocycles. The fourth-order valence-electron chi connectivity index (χ4n) is 2.01. The second-order valence-electron chi connectivity index (χ2n) is 4.88. The van der Waals surface area contributed by atoms with Gasteiger partial charge in [0.1, 0.15) is 11.6 Å². The summed E-state index contributed by atoms with van der Waals surface area (Å²) < 4.78 is 57.9. The predicted molar refractivity (Wildman–Crippen MR) is 78.4 cm³/mol. The molecule has 0 aliphatic carbocycles. The molecule has 0 saturated heterocycles. The molecule has 1 unspecified atom stereocenters. The van der Waals surface area contributed by atoms with Gasteiger partial charge in [0.05, 0.1) is 7.11 Å². The lowest BCUT2D eigenvalue weighted by Crippen LogP contribution is -2.40. The average Bonchev–Trinajstić information content (AvgIpc) is 2.53. The molecule has 2 aromatic rings. The minimum atomic E-state index is -4.93. The first kappa shape index (κ1) is 17.0. The van der Waals surface area contributed by atoms with Crippen LogP contribution in [0.4, 0.5) is 17.6 Å². The van der Waals surface area contributed by atoms with Crippen molar-refractivity contribution in [2.24, 2.45) is 0 Å². The van der Waals surface area contributed by atoms with Crippen molar-refractivity contribution >= 4 is 6.08 Å². The standard InChI is InChI=1S/C17H14F4O2/c1-23-15-4-2-3-13(11-15)16(22,17(19,20)21)10-9-12-5-7-14(18)8-6-12/h2-11,22H,1H3. The van der Waals surface area contributed by atoms with Gasteiger partial charge >= 0.3 is 6.18 Å². The van der Waals surface area contributed by atoms with E-state index >= 15 is 0 Å². The Labute approximate surface area is 130 Å². The molecule has 0 aliphatic heterocycles.